The summed E-state index contributed by atoms with van der Waals surface area (Å²) < 4.78 is 0. The van der Waals surface area contributed by atoms with E-state index < -0.39 is 0 Å². The van der Waals surface area contributed by atoms with Gasteiger partial charge in [-0.1, -0.05) is 84.9 Å². The second kappa shape index (κ2) is 5.78. The van der Waals surface area contributed by atoms with Crippen LogP contribution in [0.2, 0.25) is 0 Å². The van der Waals surface area contributed by atoms with Gasteiger partial charge in [0.15, 0.2) is 0 Å². The lowest BCUT2D eigenvalue weighted by Crippen LogP contribution is -1.88. The lowest BCUT2D eigenvalue weighted by Gasteiger charge is -2.07. The average Bonchev–Trinajstić information content (AvgIpc) is 3.08. The van der Waals surface area contributed by atoms with Crippen molar-refractivity contribution < 1.29 is 0 Å². The first kappa shape index (κ1) is 14.8. The summed E-state index contributed by atoms with van der Waals surface area (Å²) in [6, 6.07) is 31.6. The molecule has 5 aromatic rings. The van der Waals surface area contributed by atoms with Gasteiger partial charge in [0.25, 0.3) is 0 Å². The normalized spacial score (nSPS) is 11.2. The molecule has 0 bridgehead atoms. The number of rotatable bonds is 2. The van der Waals surface area contributed by atoms with Crippen LogP contribution in [0.15, 0.2) is 91.0 Å². The molecule has 0 unspecified atom stereocenters. The van der Waals surface area contributed by atoms with Crippen LogP contribution in [0.4, 0.5) is 5.69 Å². The summed E-state index contributed by atoms with van der Waals surface area (Å²) in [5.41, 5.74) is 11.5. The highest BCUT2D eigenvalue weighted by atomic mass is 14.8. The van der Waals surface area contributed by atoms with E-state index in [1.807, 2.05) is 6.07 Å². The highest BCUT2D eigenvalue weighted by Gasteiger charge is 2.13. The van der Waals surface area contributed by atoms with E-state index in [2.05, 4.69) is 89.9 Å². The van der Waals surface area contributed by atoms with Crippen molar-refractivity contribution in [3.63, 3.8) is 0 Å². The third-order valence-electron chi connectivity index (χ3n) is 4.99. The average molecular weight is 334 g/mol. The number of anilines is 1. The Kier molecular flexibility index (Phi) is 3.29. The zero-order valence-corrected chi connectivity index (χ0v) is 14.2. The SMILES string of the molecule is Nc1cc(-c2cccc3ccccc23)[nH]c1-c1cccc2ccccc12. The van der Waals surface area contributed by atoms with Crippen molar-refractivity contribution in [1.82, 2.24) is 4.98 Å². The molecule has 0 saturated heterocycles. The van der Waals surface area contributed by atoms with Gasteiger partial charge in [0.05, 0.1) is 11.4 Å². The van der Waals surface area contributed by atoms with E-state index in [1.54, 1.807) is 0 Å². The summed E-state index contributed by atoms with van der Waals surface area (Å²) in [4.78, 5) is 3.57. The molecule has 0 radical (unpaired) electrons. The Bertz CT molecular complexity index is 1240. The van der Waals surface area contributed by atoms with Gasteiger partial charge in [-0.05, 0) is 27.6 Å². The molecule has 26 heavy (non-hydrogen) atoms. The maximum absolute atomic E-state index is 6.41. The van der Waals surface area contributed by atoms with E-state index in [0.717, 1.165) is 22.6 Å². The summed E-state index contributed by atoms with van der Waals surface area (Å²) in [5.74, 6) is 0. The predicted octanol–water partition coefficient (Wildman–Crippen LogP) is 6.24. The van der Waals surface area contributed by atoms with Crippen LogP contribution in [-0.2, 0) is 0 Å². The van der Waals surface area contributed by atoms with E-state index in [-0.39, 0.29) is 0 Å². The molecule has 3 N–H and O–H groups in total. The number of hydrogen-bond donors (Lipinski definition) is 2. The van der Waals surface area contributed by atoms with Gasteiger partial charge < -0.3 is 10.7 Å². The van der Waals surface area contributed by atoms with Crippen molar-refractivity contribution in [3.8, 4) is 22.5 Å². The van der Waals surface area contributed by atoms with Crippen LogP contribution in [0.5, 0.6) is 0 Å². The van der Waals surface area contributed by atoms with Crippen LogP contribution in [-0.4, -0.2) is 4.98 Å². The fraction of sp³-hybridized carbons (Fsp3) is 0. The van der Waals surface area contributed by atoms with Gasteiger partial charge in [0.1, 0.15) is 0 Å². The smallest absolute Gasteiger partial charge is 0.0698 e. The highest BCUT2D eigenvalue weighted by molar-refractivity contribution is 6.01. The molecule has 0 fully saturated rings. The topological polar surface area (TPSA) is 41.8 Å². The summed E-state index contributed by atoms with van der Waals surface area (Å²) >= 11 is 0. The molecule has 0 aliphatic heterocycles. The first-order valence-electron chi connectivity index (χ1n) is 8.76. The van der Waals surface area contributed by atoms with Crippen LogP contribution in [0, 0.1) is 0 Å². The summed E-state index contributed by atoms with van der Waals surface area (Å²) in [6.07, 6.45) is 0. The maximum atomic E-state index is 6.41. The molecule has 4 aromatic carbocycles. The zero-order chi connectivity index (χ0) is 17.5. The second-order valence-corrected chi connectivity index (χ2v) is 6.57. The molecule has 0 spiro atoms. The fourth-order valence-corrected chi connectivity index (χ4v) is 3.74. The van der Waals surface area contributed by atoms with Crippen molar-refractivity contribution in [1.29, 1.82) is 0 Å². The Hall–Kier alpha value is -3.52. The van der Waals surface area contributed by atoms with Gasteiger partial charge >= 0.3 is 0 Å². The van der Waals surface area contributed by atoms with Crippen LogP contribution < -0.4 is 5.73 Å². The number of nitrogens with two attached hydrogens (primary N) is 1. The molecular weight excluding hydrogens is 316 g/mol. The van der Waals surface area contributed by atoms with Crippen molar-refractivity contribution in [2.45, 2.75) is 0 Å². The van der Waals surface area contributed by atoms with E-state index in [9.17, 15) is 0 Å². The van der Waals surface area contributed by atoms with Crippen molar-refractivity contribution in [2.24, 2.45) is 0 Å². The number of aromatic amines is 1. The fourth-order valence-electron chi connectivity index (χ4n) is 3.74. The number of nitrogen functional groups attached to an aromatic ring is 1. The van der Waals surface area contributed by atoms with E-state index in [1.165, 1.54) is 27.1 Å². The Morgan fingerprint density at radius 2 is 1.12 bits per heavy atom. The maximum Gasteiger partial charge on any atom is 0.0698 e. The summed E-state index contributed by atoms with van der Waals surface area (Å²) in [7, 11) is 0. The number of benzene rings is 4. The monoisotopic (exact) mass is 334 g/mol. The zero-order valence-electron chi connectivity index (χ0n) is 14.2. The van der Waals surface area contributed by atoms with Gasteiger partial charge in [-0.2, -0.15) is 0 Å². The number of nitrogens with one attached hydrogen (secondary N) is 1. The molecule has 2 nitrogen and oxygen atoms in total. The van der Waals surface area contributed by atoms with Crippen molar-refractivity contribution >= 4 is 27.2 Å². The third-order valence-corrected chi connectivity index (χ3v) is 4.99. The quantitative estimate of drug-likeness (QED) is 0.394. The standard InChI is InChI=1S/C24H18N2/c25-22-15-23(20-13-5-9-16-7-1-3-11-18(16)20)26-24(22)21-14-6-10-17-8-2-4-12-19(17)21/h1-15,26H,25H2. The molecule has 1 heterocycles. The molecule has 1 aromatic heterocycles. The van der Waals surface area contributed by atoms with E-state index in [4.69, 9.17) is 5.73 Å². The molecular formula is C24H18N2. The molecule has 0 saturated carbocycles. The summed E-state index contributed by atoms with van der Waals surface area (Å²) in [5, 5.41) is 4.87. The van der Waals surface area contributed by atoms with Crippen molar-refractivity contribution in [2.75, 3.05) is 5.73 Å². The predicted molar refractivity (Wildman–Crippen MR) is 111 cm³/mol. The Morgan fingerprint density at radius 3 is 1.81 bits per heavy atom. The van der Waals surface area contributed by atoms with Gasteiger partial charge in [-0.25, -0.2) is 0 Å². The van der Waals surface area contributed by atoms with Crippen molar-refractivity contribution in [3.05, 3.63) is 91.0 Å². The van der Waals surface area contributed by atoms with Gasteiger partial charge in [0.2, 0.25) is 0 Å². The lowest BCUT2D eigenvalue weighted by atomic mass is 10.0. The number of hydrogen-bond acceptors (Lipinski definition) is 1. The van der Waals surface area contributed by atoms with Crippen LogP contribution in [0.1, 0.15) is 0 Å². The minimum Gasteiger partial charge on any atom is -0.397 e. The summed E-state index contributed by atoms with van der Waals surface area (Å²) in [6.45, 7) is 0. The minimum absolute atomic E-state index is 0.768. The largest absolute Gasteiger partial charge is 0.397 e. The Labute approximate surface area is 151 Å². The van der Waals surface area contributed by atoms with Gasteiger partial charge in [-0.3, -0.25) is 0 Å². The second-order valence-electron chi connectivity index (χ2n) is 6.57. The van der Waals surface area contributed by atoms with Crippen LogP contribution in [0.25, 0.3) is 44.1 Å². The third kappa shape index (κ3) is 2.27. The minimum atomic E-state index is 0.768. The number of H-pyrrole nitrogens is 1. The molecule has 5 rings (SSSR count). The van der Waals surface area contributed by atoms with E-state index in [0.29, 0.717) is 0 Å². The number of aromatic nitrogens is 1. The first-order valence-corrected chi connectivity index (χ1v) is 8.76. The molecule has 124 valence electrons. The van der Waals surface area contributed by atoms with Gasteiger partial charge in [0, 0.05) is 16.8 Å². The molecule has 0 aliphatic carbocycles. The first-order chi connectivity index (χ1) is 12.8. The number of fused-ring (bicyclic) bond motifs is 2. The lowest BCUT2D eigenvalue weighted by molar-refractivity contribution is 1.41. The van der Waals surface area contributed by atoms with E-state index >= 15 is 0 Å². The van der Waals surface area contributed by atoms with Crippen LogP contribution >= 0.6 is 0 Å². The molecule has 0 amide bonds. The Morgan fingerprint density at radius 1 is 0.577 bits per heavy atom. The molecule has 0 aliphatic rings. The molecule has 2 heteroatoms. The van der Waals surface area contributed by atoms with Crippen LogP contribution in [0.3, 0.4) is 0 Å². The van der Waals surface area contributed by atoms with Gasteiger partial charge in [-0.15, -0.1) is 0 Å². The highest BCUT2D eigenvalue weighted by Crippen LogP contribution is 2.36. The molecule has 0 atom stereocenters. The Balaban J connectivity index is 1.73.